The van der Waals surface area contributed by atoms with Gasteiger partial charge in [0.15, 0.2) is 0 Å². The second-order valence-electron chi connectivity index (χ2n) is 3.33. The van der Waals surface area contributed by atoms with Gasteiger partial charge in [-0.05, 0) is 29.8 Å². The topological polar surface area (TPSA) is 63.1 Å². The van der Waals surface area contributed by atoms with Crippen LogP contribution >= 0.6 is 0 Å². The van der Waals surface area contributed by atoms with Crippen molar-refractivity contribution in [2.45, 2.75) is 6.42 Å². The summed E-state index contributed by atoms with van der Waals surface area (Å²) in [4.78, 5) is 18.9. The van der Waals surface area contributed by atoms with Gasteiger partial charge in [0.05, 0.1) is 17.8 Å². The highest BCUT2D eigenvalue weighted by atomic mass is 16.4. The molecule has 0 saturated heterocycles. The quantitative estimate of drug-likeness (QED) is 0.845. The van der Waals surface area contributed by atoms with E-state index in [-0.39, 0.29) is 6.42 Å². The Hall–Kier alpha value is -2.23. The normalized spacial score (nSPS) is 10.0. The van der Waals surface area contributed by atoms with E-state index in [1.54, 1.807) is 24.5 Å². The summed E-state index contributed by atoms with van der Waals surface area (Å²) >= 11 is 0. The zero-order chi connectivity index (χ0) is 11.4. The molecule has 0 bridgehead atoms. The third-order valence-corrected chi connectivity index (χ3v) is 2.11. The Bertz CT molecular complexity index is 497. The predicted molar refractivity (Wildman–Crippen MR) is 58.8 cm³/mol. The third kappa shape index (κ3) is 2.42. The van der Waals surface area contributed by atoms with Crippen LogP contribution < -0.4 is 0 Å². The molecule has 0 saturated carbocycles. The highest BCUT2D eigenvalue weighted by Gasteiger charge is 2.04. The van der Waals surface area contributed by atoms with E-state index in [4.69, 9.17) is 5.11 Å². The van der Waals surface area contributed by atoms with Crippen molar-refractivity contribution in [3.8, 4) is 11.4 Å². The summed E-state index contributed by atoms with van der Waals surface area (Å²) in [5.74, 6) is -0.849. The summed E-state index contributed by atoms with van der Waals surface area (Å²) in [6.45, 7) is 0. The van der Waals surface area contributed by atoms with Crippen LogP contribution in [0.5, 0.6) is 0 Å². The first-order valence-electron chi connectivity index (χ1n) is 4.84. The molecule has 0 aliphatic rings. The van der Waals surface area contributed by atoms with Gasteiger partial charge in [0, 0.05) is 12.4 Å². The fourth-order valence-electron chi connectivity index (χ4n) is 1.41. The first kappa shape index (κ1) is 10.3. The molecule has 2 heterocycles. The molecule has 0 atom stereocenters. The van der Waals surface area contributed by atoms with Gasteiger partial charge in [-0.3, -0.25) is 14.8 Å². The number of hydrogen-bond donors (Lipinski definition) is 1. The molecular formula is C12H10N2O2. The molecule has 2 aromatic rings. The Morgan fingerprint density at radius 2 is 1.94 bits per heavy atom. The summed E-state index contributed by atoms with van der Waals surface area (Å²) in [7, 11) is 0. The summed E-state index contributed by atoms with van der Waals surface area (Å²) < 4.78 is 0. The fourth-order valence-corrected chi connectivity index (χ4v) is 1.41. The number of carboxylic acid groups (broad SMARTS) is 1. The average Bonchev–Trinajstić information content (AvgIpc) is 2.30. The molecule has 2 aromatic heterocycles. The lowest BCUT2D eigenvalue weighted by atomic mass is 10.1. The second-order valence-corrected chi connectivity index (χ2v) is 3.33. The molecule has 4 nitrogen and oxygen atoms in total. The van der Waals surface area contributed by atoms with Crippen molar-refractivity contribution in [1.82, 2.24) is 9.97 Å². The van der Waals surface area contributed by atoms with Gasteiger partial charge in [0.1, 0.15) is 0 Å². The molecule has 16 heavy (non-hydrogen) atoms. The number of aromatic nitrogens is 2. The van der Waals surface area contributed by atoms with Crippen LogP contribution in [0.2, 0.25) is 0 Å². The molecule has 0 spiro atoms. The lowest BCUT2D eigenvalue weighted by Crippen LogP contribution is -2.00. The van der Waals surface area contributed by atoms with Gasteiger partial charge < -0.3 is 5.11 Å². The molecule has 0 aliphatic carbocycles. The minimum absolute atomic E-state index is 0.00233. The van der Waals surface area contributed by atoms with Crippen LogP contribution in [0, 0.1) is 0 Å². The third-order valence-electron chi connectivity index (χ3n) is 2.11. The second kappa shape index (κ2) is 4.53. The molecule has 2 rings (SSSR count). The molecule has 80 valence electrons. The molecule has 0 amide bonds. The Morgan fingerprint density at radius 3 is 2.62 bits per heavy atom. The largest absolute Gasteiger partial charge is 0.481 e. The van der Waals surface area contributed by atoms with Crippen LogP contribution in [0.4, 0.5) is 0 Å². The van der Waals surface area contributed by atoms with Crippen LogP contribution in [-0.4, -0.2) is 21.0 Å². The number of aliphatic carboxylic acids is 1. The maximum Gasteiger partial charge on any atom is 0.307 e. The van der Waals surface area contributed by atoms with E-state index in [1.807, 2.05) is 18.2 Å². The van der Waals surface area contributed by atoms with E-state index in [0.29, 0.717) is 5.69 Å². The molecule has 0 unspecified atom stereocenters. The number of nitrogens with zero attached hydrogens (tertiary/aromatic N) is 2. The maximum absolute atomic E-state index is 10.6. The summed E-state index contributed by atoms with van der Waals surface area (Å²) in [6, 6.07) is 8.97. The maximum atomic E-state index is 10.6. The number of carboxylic acids is 1. The van der Waals surface area contributed by atoms with E-state index in [0.717, 1.165) is 11.3 Å². The van der Waals surface area contributed by atoms with Crippen LogP contribution in [0.3, 0.4) is 0 Å². The average molecular weight is 214 g/mol. The molecule has 0 aliphatic heterocycles. The van der Waals surface area contributed by atoms with Gasteiger partial charge in [-0.15, -0.1) is 0 Å². The Balaban J connectivity index is 2.33. The van der Waals surface area contributed by atoms with Crippen LogP contribution in [0.15, 0.2) is 42.7 Å². The highest BCUT2D eigenvalue weighted by Crippen LogP contribution is 2.14. The Kier molecular flexibility index (Phi) is 2.91. The summed E-state index contributed by atoms with van der Waals surface area (Å²) in [5.41, 5.74) is 2.16. The van der Waals surface area contributed by atoms with Crippen LogP contribution in [0.1, 0.15) is 5.56 Å². The predicted octanol–water partition coefficient (Wildman–Crippen LogP) is 1.77. The minimum atomic E-state index is -0.849. The molecule has 0 radical (unpaired) electrons. The first-order chi connectivity index (χ1) is 7.75. The zero-order valence-corrected chi connectivity index (χ0v) is 8.50. The van der Waals surface area contributed by atoms with Gasteiger partial charge in [0.2, 0.25) is 0 Å². The molecule has 0 fully saturated rings. The number of rotatable bonds is 3. The molecule has 1 N–H and O–H groups in total. The van der Waals surface area contributed by atoms with E-state index >= 15 is 0 Å². The number of pyridine rings is 2. The van der Waals surface area contributed by atoms with E-state index in [1.165, 1.54) is 0 Å². The SMILES string of the molecule is O=C(O)Cc1ccnc(-c2ccccn2)c1. The van der Waals surface area contributed by atoms with Crippen molar-refractivity contribution >= 4 is 5.97 Å². The van der Waals surface area contributed by atoms with E-state index in [2.05, 4.69) is 9.97 Å². The van der Waals surface area contributed by atoms with Crippen molar-refractivity contribution < 1.29 is 9.90 Å². The molecular weight excluding hydrogens is 204 g/mol. The van der Waals surface area contributed by atoms with Crippen LogP contribution in [0.25, 0.3) is 11.4 Å². The standard InChI is InChI=1S/C12H10N2O2/c15-12(16)8-9-4-6-14-11(7-9)10-3-1-2-5-13-10/h1-7H,8H2,(H,15,16). The highest BCUT2D eigenvalue weighted by molar-refractivity contribution is 5.70. The monoisotopic (exact) mass is 214 g/mol. The van der Waals surface area contributed by atoms with Gasteiger partial charge in [-0.25, -0.2) is 0 Å². The van der Waals surface area contributed by atoms with Gasteiger partial charge in [-0.1, -0.05) is 6.07 Å². The van der Waals surface area contributed by atoms with Crippen LogP contribution in [-0.2, 0) is 11.2 Å². The van der Waals surface area contributed by atoms with Crippen molar-refractivity contribution in [3.63, 3.8) is 0 Å². The lowest BCUT2D eigenvalue weighted by molar-refractivity contribution is -0.136. The summed E-state index contributed by atoms with van der Waals surface area (Å²) in [5, 5.41) is 8.69. The van der Waals surface area contributed by atoms with E-state index in [9.17, 15) is 4.79 Å². The summed E-state index contributed by atoms with van der Waals surface area (Å²) in [6.07, 6.45) is 3.28. The Morgan fingerprint density at radius 1 is 1.12 bits per heavy atom. The zero-order valence-electron chi connectivity index (χ0n) is 8.50. The van der Waals surface area contributed by atoms with Crippen molar-refractivity contribution in [1.29, 1.82) is 0 Å². The fraction of sp³-hybridized carbons (Fsp3) is 0.0833. The first-order valence-corrected chi connectivity index (χ1v) is 4.84. The lowest BCUT2D eigenvalue weighted by Gasteiger charge is -2.01. The van der Waals surface area contributed by atoms with Gasteiger partial charge >= 0.3 is 5.97 Å². The minimum Gasteiger partial charge on any atom is -0.481 e. The van der Waals surface area contributed by atoms with Crippen molar-refractivity contribution in [3.05, 3.63) is 48.3 Å². The number of carbonyl (C=O) groups is 1. The van der Waals surface area contributed by atoms with Gasteiger partial charge in [-0.2, -0.15) is 0 Å². The van der Waals surface area contributed by atoms with Gasteiger partial charge in [0.25, 0.3) is 0 Å². The number of hydrogen-bond acceptors (Lipinski definition) is 3. The van der Waals surface area contributed by atoms with E-state index < -0.39 is 5.97 Å². The van der Waals surface area contributed by atoms with Crippen molar-refractivity contribution in [2.24, 2.45) is 0 Å². The Labute approximate surface area is 92.6 Å². The molecule has 0 aromatic carbocycles. The van der Waals surface area contributed by atoms with Crippen molar-refractivity contribution in [2.75, 3.05) is 0 Å². The molecule has 4 heteroatoms. The smallest absolute Gasteiger partial charge is 0.307 e.